The lowest BCUT2D eigenvalue weighted by Crippen LogP contribution is -2.28. The largest absolute Gasteiger partial charge is 0.493 e. The summed E-state index contributed by atoms with van der Waals surface area (Å²) in [5, 5.41) is 3.04. The van der Waals surface area contributed by atoms with Gasteiger partial charge in [0.25, 0.3) is 5.91 Å². The fourth-order valence-corrected chi connectivity index (χ4v) is 6.71. The molecule has 0 spiro atoms. The van der Waals surface area contributed by atoms with E-state index in [-0.39, 0.29) is 5.91 Å². The predicted molar refractivity (Wildman–Crippen MR) is 184 cm³/mol. The molecule has 1 saturated heterocycles. The van der Waals surface area contributed by atoms with Crippen molar-refractivity contribution in [3.63, 3.8) is 0 Å². The molecule has 5 aromatic rings. The van der Waals surface area contributed by atoms with Crippen LogP contribution in [0.5, 0.6) is 11.5 Å². The lowest BCUT2D eigenvalue weighted by Gasteiger charge is -2.16. The summed E-state index contributed by atoms with van der Waals surface area (Å²) in [6.45, 7) is 1.38. The zero-order valence-electron chi connectivity index (χ0n) is 23.6. The number of hydrogen-bond acceptors (Lipinski definition) is 5. The highest BCUT2D eigenvalue weighted by molar-refractivity contribution is 14.1. The van der Waals surface area contributed by atoms with Crippen molar-refractivity contribution >= 4 is 62.3 Å². The van der Waals surface area contributed by atoms with E-state index in [1.165, 1.54) is 22.5 Å². The molecule has 5 nitrogen and oxygen atoms in total. The van der Waals surface area contributed by atoms with Gasteiger partial charge >= 0.3 is 0 Å². The third-order valence-electron chi connectivity index (χ3n) is 7.11. The lowest BCUT2D eigenvalue weighted by atomic mass is 10.1. The number of carbonyl (C=O) groups is 1. The number of methoxy groups -OCH3 is 1. The van der Waals surface area contributed by atoms with E-state index in [0.29, 0.717) is 41.3 Å². The van der Waals surface area contributed by atoms with E-state index in [2.05, 4.69) is 46.9 Å². The molecule has 0 aliphatic carbocycles. The quantitative estimate of drug-likeness (QED) is 0.114. The van der Waals surface area contributed by atoms with E-state index in [1.54, 1.807) is 12.0 Å². The van der Waals surface area contributed by atoms with Gasteiger partial charge in [-0.2, -0.15) is 0 Å². The number of benzene rings is 5. The van der Waals surface area contributed by atoms with Crippen molar-refractivity contribution in [1.82, 2.24) is 4.90 Å². The fraction of sp³-hybridized carbons (Fsp3) is 0.111. The fourth-order valence-electron chi connectivity index (χ4n) is 4.96. The van der Waals surface area contributed by atoms with Gasteiger partial charge in [-0.25, -0.2) is 0 Å². The van der Waals surface area contributed by atoms with Gasteiger partial charge in [-0.15, -0.1) is 0 Å². The second kappa shape index (κ2) is 13.5. The lowest BCUT2D eigenvalue weighted by molar-refractivity contribution is -0.122. The van der Waals surface area contributed by atoms with E-state index < -0.39 is 0 Å². The zero-order valence-corrected chi connectivity index (χ0v) is 26.5. The van der Waals surface area contributed by atoms with Crippen LogP contribution in [0.1, 0.15) is 22.3 Å². The normalized spacial score (nSPS) is 15.0. The summed E-state index contributed by atoms with van der Waals surface area (Å²) in [4.78, 5) is 20.9. The first-order valence-corrected chi connectivity index (χ1v) is 15.8. The summed E-state index contributed by atoms with van der Waals surface area (Å²) >= 11 is 3.68. The maximum Gasteiger partial charge on any atom is 0.267 e. The summed E-state index contributed by atoms with van der Waals surface area (Å²) in [6, 6.07) is 38.5. The first-order valence-electron chi connectivity index (χ1n) is 13.9. The molecule has 1 heterocycles. The van der Waals surface area contributed by atoms with Gasteiger partial charge in [0.1, 0.15) is 6.61 Å². The smallest absolute Gasteiger partial charge is 0.267 e. The number of rotatable bonds is 9. The number of halogens is 1. The van der Waals surface area contributed by atoms with Gasteiger partial charge in [0.15, 0.2) is 16.7 Å². The van der Waals surface area contributed by atoms with Gasteiger partial charge in [-0.1, -0.05) is 103 Å². The van der Waals surface area contributed by atoms with Crippen molar-refractivity contribution in [2.75, 3.05) is 7.11 Å². The Balaban J connectivity index is 1.26. The summed E-state index contributed by atoms with van der Waals surface area (Å²) in [7, 11) is 1.64. The summed E-state index contributed by atoms with van der Waals surface area (Å²) in [6.07, 6.45) is 1.91. The molecule has 0 N–H and O–H groups in total. The highest BCUT2D eigenvalue weighted by Gasteiger charge is 2.33. The van der Waals surface area contributed by atoms with Crippen molar-refractivity contribution in [3.8, 4) is 11.5 Å². The standard InChI is InChI=1S/C36H29IN2O3S/c1-41-32-20-27(19-31(37)34(32)42-24-29-17-10-16-28-15-8-9-18-30(28)29)21-33-35(40)39(23-26-13-6-3-7-14-26)36(43-33)38-22-25-11-4-2-5-12-25/h2-21H,22-24H2,1H3/b33-21-,38-36?. The van der Waals surface area contributed by atoms with E-state index in [9.17, 15) is 4.79 Å². The molecule has 0 unspecified atom stereocenters. The number of amides is 1. The van der Waals surface area contributed by atoms with Crippen molar-refractivity contribution in [2.45, 2.75) is 19.7 Å². The number of nitrogens with zero attached hydrogens (tertiary/aromatic N) is 2. The third-order valence-corrected chi connectivity index (χ3v) is 8.96. The van der Waals surface area contributed by atoms with Crippen LogP contribution in [0.3, 0.4) is 0 Å². The Morgan fingerprint density at radius 3 is 2.33 bits per heavy atom. The zero-order chi connectivity index (χ0) is 29.6. The Bertz CT molecular complexity index is 1820. The van der Waals surface area contributed by atoms with Crippen LogP contribution in [-0.4, -0.2) is 23.1 Å². The molecule has 7 heteroatoms. The average Bonchev–Trinajstić information content (AvgIpc) is 3.33. The molecule has 5 aromatic carbocycles. The highest BCUT2D eigenvalue weighted by atomic mass is 127. The van der Waals surface area contributed by atoms with Crippen LogP contribution in [0, 0.1) is 3.57 Å². The maximum atomic E-state index is 13.7. The molecule has 6 rings (SSSR count). The van der Waals surface area contributed by atoms with Crippen LogP contribution >= 0.6 is 34.4 Å². The van der Waals surface area contributed by atoms with E-state index in [0.717, 1.165) is 25.8 Å². The summed E-state index contributed by atoms with van der Waals surface area (Å²) in [5.41, 5.74) is 4.11. The van der Waals surface area contributed by atoms with Crippen LogP contribution in [0.2, 0.25) is 0 Å². The molecule has 1 fully saturated rings. The first-order chi connectivity index (χ1) is 21.1. The summed E-state index contributed by atoms with van der Waals surface area (Å²) in [5.74, 6) is 1.24. The van der Waals surface area contributed by atoms with Crippen LogP contribution in [0.4, 0.5) is 0 Å². The molecule has 43 heavy (non-hydrogen) atoms. The number of thioether (sulfide) groups is 1. The number of carbonyl (C=O) groups excluding carboxylic acids is 1. The minimum absolute atomic E-state index is 0.0640. The van der Waals surface area contributed by atoms with Gasteiger partial charge in [-0.3, -0.25) is 14.7 Å². The molecule has 0 atom stereocenters. The number of hydrogen-bond donors (Lipinski definition) is 0. The first kappa shape index (κ1) is 29.0. The van der Waals surface area contributed by atoms with Crippen molar-refractivity contribution < 1.29 is 14.3 Å². The second-order valence-corrected chi connectivity index (χ2v) is 12.2. The maximum absolute atomic E-state index is 13.7. The molecule has 1 amide bonds. The molecule has 0 radical (unpaired) electrons. The molecule has 0 aromatic heterocycles. The molecule has 0 bridgehead atoms. The topological polar surface area (TPSA) is 51.1 Å². The van der Waals surface area contributed by atoms with E-state index in [1.807, 2.05) is 97.1 Å². The van der Waals surface area contributed by atoms with Gasteiger partial charge in [0.2, 0.25) is 0 Å². The minimum Gasteiger partial charge on any atom is -0.493 e. The monoisotopic (exact) mass is 696 g/mol. The van der Waals surface area contributed by atoms with E-state index >= 15 is 0 Å². The van der Waals surface area contributed by atoms with Gasteiger partial charge in [0.05, 0.1) is 28.7 Å². The van der Waals surface area contributed by atoms with Crippen LogP contribution in [0.25, 0.3) is 16.8 Å². The molecule has 1 aliphatic rings. The second-order valence-electron chi connectivity index (χ2n) is 10.0. The van der Waals surface area contributed by atoms with Crippen molar-refractivity contribution in [2.24, 2.45) is 4.99 Å². The van der Waals surface area contributed by atoms with Crippen LogP contribution in [-0.2, 0) is 24.5 Å². The molecule has 0 saturated carbocycles. The predicted octanol–water partition coefficient (Wildman–Crippen LogP) is 8.70. The Morgan fingerprint density at radius 1 is 0.860 bits per heavy atom. The Morgan fingerprint density at radius 2 is 1.56 bits per heavy atom. The Hall–Kier alpha value is -4.08. The van der Waals surface area contributed by atoms with Gasteiger partial charge in [0, 0.05) is 0 Å². The summed E-state index contributed by atoms with van der Waals surface area (Å²) < 4.78 is 13.0. The SMILES string of the molecule is COc1cc(/C=C2\SC(=NCc3ccccc3)N(Cc3ccccc3)C2=O)cc(I)c1OCc1cccc2ccccc12. The van der Waals surface area contributed by atoms with Crippen molar-refractivity contribution in [1.29, 1.82) is 0 Å². The van der Waals surface area contributed by atoms with Crippen molar-refractivity contribution in [3.05, 3.63) is 146 Å². The van der Waals surface area contributed by atoms with Crippen LogP contribution in [0.15, 0.2) is 125 Å². The Kier molecular flexibility index (Phi) is 9.10. The third kappa shape index (κ3) is 6.78. The molecule has 214 valence electrons. The number of aliphatic imine (C=N–C) groups is 1. The average molecular weight is 697 g/mol. The Labute approximate surface area is 269 Å². The van der Waals surface area contributed by atoms with Gasteiger partial charge < -0.3 is 9.47 Å². The van der Waals surface area contributed by atoms with Gasteiger partial charge in [-0.05, 0) is 85.6 Å². The number of amidine groups is 1. The van der Waals surface area contributed by atoms with E-state index in [4.69, 9.17) is 14.5 Å². The number of ether oxygens (including phenoxy) is 2. The minimum atomic E-state index is -0.0640. The molecule has 1 aliphatic heterocycles. The highest BCUT2D eigenvalue weighted by Crippen LogP contribution is 2.38. The van der Waals surface area contributed by atoms with Crippen LogP contribution < -0.4 is 9.47 Å². The molecular weight excluding hydrogens is 667 g/mol. The number of fused-ring (bicyclic) bond motifs is 1. The molecular formula is C36H29IN2O3S.